The molecule has 88 valence electrons. The molecule has 3 N–H and O–H groups in total. The summed E-state index contributed by atoms with van der Waals surface area (Å²) in [5.74, 6) is 0.639. The van der Waals surface area contributed by atoms with Crippen molar-refractivity contribution >= 4 is 23.3 Å². The summed E-state index contributed by atoms with van der Waals surface area (Å²) >= 11 is 5.11. The summed E-state index contributed by atoms with van der Waals surface area (Å²) in [6.07, 6.45) is 6.02. The minimum absolute atomic E-state index is 0.552. The van der Waals surface area contributed by atoms with E-state index in [-0.39, 0.29) is 0 Å². The van der Waals surface area contributed by atoms with Crippen molar-refractivity contribution in [3.05, 3.63) is 42.5 Å². The Kier molecular flexibility index (Phi) is 4.04. The molecule has 2 heterocycles. The molecule has 5 nitrogen and oxygen atoms in total. The van der Waals surface area contributed by atoms with E-state index in [1.807, 2.05) is 18.2 Å². The third-order valence-electron chi connectivity index (χ3n) is 2.12. The SMILES string of the molecule is S=C(NCCc1ccccn1)Nc1ncc[nH]1. The minimum Gasteiger partial charge on any atom is -0.362 e. The number of aromatic nitrogens is 3. The second kappa shape index (κ2) is 5.95. The molecule has 0 saturated heterocycles. The second-order valence-electron chi connectivity index (χ2n) is 3.39. The number of hydrogen-bond acceptors (Lipinski definition) is 3. The molecule has 17 heavy (non-hydrogen) atoms. The zero-order chi connectivity index (χ0) is 11.9. The van der Waals surface area contributed by atoms with Crippen LogP contribution in [0.5, 0.6) is 0 Å². The Hall–Kier alpha value is -1.95. The summed E-state index contributed by atoms with van der Waals surface area (Å²) in [7, 11) is 0. The number of aromatic amines is 1. The van der Waals surface area contributed by atoms with Gasteiger partial charge in [-0.05, 0) is 24.4 Å². The van der Waals surface area contributed by atoms with Crippen LogP contribution in [0.1, 0.15) is 5.69 Å². The van der Waals surface area contributed by atoms with Gasteiger partial charge in [-0.15, -0.1) is 0 Å². The molecule has 0 amide bonds. The van der Waals surface area contributed by atoms with Crippen molar-refractivity contribution in [3.63, 3.8) is 0 Å². The summed E-state index contributed by atoms with van der Waals surface area (Å²) in [5, 5.41) is 6.58. The number of anilines is 1. The average Bonchev–Trinajstić information content (AvgIpc) is 2.83. The molecule has 0 spiro atoms. The van der Waals surface area contributed by atoms with Gasteiger partial charge in [0.05, 0.1) is 0 Å². The van der Waals surface area contributed by atoms with E-state index in [4.69, 9.17) is 12.2 Å². The van der Waals surface area contributed by atoms with E-state index in [9.17, 15) is 0 Å². The van der Waals surface area contributed by atoms with Gasteiger partial charge in [-0.25, -0.2) is 4.98 Å². The van der Waals surface area contributed by atoms with Crippen LogP contribution in [0.15, 0.2) is 36.8 Å². The van der Waals surface area contributed by atoms with E-state index in [1.165, 1.54) is 0 Å². The second-order valence-corrected chi connectivity index (χ2v) is 3.80. The predicted octanol–water partition coefficient (Wildman–Crippen LogP) is 1.33. The zero-order valence-corrected chi connectivity index (χ0v) is 10.00. The monoisotopic (exact) mass is 247 g/mol. The zero-order valence-electron chi connectivity index (χ0n) is 9.18. The maximum Gasteiger partial charge on any atom is 0.206 e. The molecule has 2 aromatic heterocycles. The van der Waals surface area contributed by atoms with Gasteiger partial charge >= 0.3 is 0 Å². The van der Waals surface area contributed by atoms with Gasteiger partial charge in [0.25, 0.3) is 0 Å². The molecule has 0 unspecified atom stereocenters. The Labute approximate surface area is 105 Å². The average molecular weight is 247 g/mol. The van der Waals surface area contributed by atoms with Gasteiger partial charge in [0.2, 0.25) is 5.95 Å². The molecular weight excluding hydrogens is 234 g/mol. The van der Waals surface area contributed by atoms with Gasteiger partial charge < -0.3 is 15.6 Å². The summed E-state index contributed by atoms with van der Waals surface area (Å²) in [5.41, 5.74) is 1.04. The van der Waals surface area contributed by atoms with Gasteiger partial charge in [0, 0.05) is 37.3 Å². The molecular formula is C11H13N5S. The first-order chi connectivity index (χ1) is 8.34. The maximum absolute atomic E-state index is 5.11. The topological polar surface area (TPSA) is 65.6 Å². The largest absolute Gasteiger partial charge is 0.362 e. The molecule has 0 aliphatic rings. The molecule has 0 fully saturated rings. The van der Waals surface area contributed by atoms with E-state index in [0.717, 1.165) is 18.7 Å². The number of imidazole rings is 1. The molecule has 0 aliphatic carbocycles. The Morgan fingerprint density at radius 2 is 2.24 bits per heavy atom. The quantitative estimate of drug-likeness (QED) is 0.711. The van der Waals surface area contributed by atoms with Crippen LogP contribution < -0.4 is 10.6 Å². The summed E-state index contributed by atoms with van der Waals surface area (Å²) in [4.78, 5) is 11.2. The fourth-order valence-corrected chi connectivity index (χ4v) is 1.53. The van der Waals surface area contributed by atoms with E-state index in [1.54, 1.807) is 18.6 Å². The van der Waals surface area contributed by atoms with Crippen LogP contribution in [0.4, 0.5) is 5.95 Å². The number of nitrogens with zero attached hydrogens (tertiary/aromatic N) is 2. The van der Waals surface area contributed by atoms with Crippen LogP contribution in [-0.2, 0) is 6.42 Å². The number of hydrogen-bond donors (Lipinski definition) is 3. The van der Waals surface area contributed by atoms with Crippen LogP contribution >= 0.6 is 12.2 Å². The Morgan fingerprint density at radius 1 is 1.29 bits per heavy atom. The van der Waals surface area contributed by atoms with Crippen LogP contribution in [0.3, 0.4) is 0 Å². The lowest BCUT2D eigenvalue weighted by Gasteiger charge is -2.07. The van der Waals surface area contributed by atoms with Crippen molar-refractivity contribution in [2.75, 3.05) is 11.9 Å². The van der Waals surface area contributed by atoms with Gasteiger partial charge in [-0.2, -0.15) is 0 Å². The molecule has 6 heteroatoms. The van der Waals surface area contributed by atoms with Gasteiger partial charge in [-0.3, -0.25) is 4.98 Å². The van der Waals surface area contributed by atoms with E-state index >= 15 is 0 Å². The number of thiocarbonyl (C=S) groups is 1. The third kappa shape index (κ3) is 3.84. The highest BCUT2D eigenvalue weighted by Crippen LogP contribution is 1.95. The molecule has 0 bridgehead atoms. The number of rotatable bonds is 4. The van der Waals surface area contributed by atoms with Crippen molar-refractivity contribution in [1.29, 1.82) is 0 Å². The van der Waals surface area contributed by atoms with E-state index in [0.29, 0.717) is 11.1 Å². The van der Waals surface area contributed by atoms with Crippen LogP contribution in [0.2, 0.25) is 0 Å². The van der Waals surface area contributed by atoms with Gasteiger partial charge in [-0.1, -0.05) is 6.07 Å². The highest BCUT2D eigenvalue weighted by Gasteiger charge is 1.98. The molecule has 2 rings (SSSR count). The Morgan fingerprint density at radius 3 is 2.94 bits per heavy atom. The lowest BCUT2D eigenvalue weighted by molar-refractivity contribution is 0.847. The van der Waals surface area contributed by atoms with Crippen molar-refractivity contribution < 1.29 is 0 Å². The number of H-pyrrole nitrogens is 1. The maximum atomic E-state index is 5.11. The Bertz CT molecular complexity index is 454. The first-order valence-corrected chi connectivity index (χ1v) is 5.69. The molecule has 0 radical (unpaired) electrons. The highest BCUT2D eigenvalue weighted by atomic mass is 32.1. The van der Waals surface area contributed by atoms with Crippen molar-refractivity contribution in [1.82, 2.24) is 20.3 Å². The van der Waals surface area contributed by atoms with Crippen LogP contribution in [0, 0.1) is 0 Å². The normalized spacial score (nSPS) is 9.88. The first kappa shape index (κ1) is 11.5. The minimum atomic E-state index is 0.552. The first-order valence-electron chi connectivity index (χ1n) is 5.29. The molecule has 0 aromatic carbocycles. The van der Waals surface area contributed by atoms with E-state index < -0.39 is 0 Å². The summed E-state index contributed by atoms with van der Waals surface area (Å²) in [6, 6.07) is 5.87. The molecule has 0 saturated carbocycles. The van der Waals surface area contributed by atoms with Crippen LogP contribution in [0.25, 0.3) is 0 Å². The van der Waals surface area contributed by atoms with Crippen LogP contribution in [-0.4, -0.2) is 26.6 Å². The Balaban J connectivity index is 1.70. The molecule has 0 atom stereocenters. The highest BCUT2D eigenvalue weighted by molar-refractivity contribution is 7.80. The molecule has 0 aliphatic heterocycles. The fourth-order valence-electron chi connectivity index (χ4n) is 1.34. The summed E-state index contributed by atoms with van der Waals surface area (Å²) in [6.45, 7) is 0.740. The van der Waals surface area contributed by atoms with Gasteiger partial charge in [0.15, 0.2) is 5.11 Å². The van der Waals surface area contributed by atoms with E-state index in [2.05, 4.69) is 25.6 Å². The lowest BCUT2D eigenvalue weighted by Crippen LogP contribution is -2.30. The lowest BCUT2D eigenvalue weighted by atomic mass is 10.3. The fraction of sp³-hybridized carbons (Fsp3) is 0.182. The summed E-state index contributed by atoms with van der Waals surface area (Å²) < 4.78 is 0. The van der Waals surface area contributed by atoms with Crippen molar-refractivity contribution in [3.8, 4) is 0 Å². The van der Waals surface area contributed by atoms with Crippen molar-refractivity contribution in [2.45, 2.75) is 6.42 Å². The van der Waals surface area contributed by atoms with Gasteiger partial charge in [0.1, 0.15) is 0 Å². The number of nitrogens with one attached hydrogen (secondary N) is 3. The molecule has 2 aromatic rings. The standard InChI is InChI=1S/C11H13N5S/c17-11(16-10-13-7-8-14-10)15-6-4-9-3-1-2-5-12-9/h1-3,5,7-8H,4,6H2,(H3,13,14,15,16,17). The smallest absolute Gasteiger partial charge is 0.206 e. The van der Waals surface area contributed by atoms with Crippen molar-refractivity contribution in [2.24, 2.45) is 0 Å². The third-order valence-corrected chi connectivity index (χ3v) is 2.37. The predicted molar refractivity (Wildman–Crippen MR) is 70.8 cm³/mol. The number of pyridine rings is 1.